The van der Waals surface area contributed by atoms with Crippen LogP contribution in [0.25, 0.3) is 0 Å². The van der Waals surface area contributed by atoms with Crippen molar-refractivity contribution in [3.8, 4) is 0 Å². The Morgan fingerprint density at radius 3 is 2.47 bits per heavy atom. The molecule has 17 heavy (non-hydrogen) atoms. The summed E-state index contributed by atoms with van der Waals surface area (Å²) in [6.45, 7) is 4.99. The molecule has 1 saturated carbocycles. The lowest BCUT2D eigenvalue weighted by Crippen LogP contribution is -2.56. The quantitative estimate of drug-likeness (QED) is 0.756. The molecule has 1 unspecified atom stereocenters. The molecular formula is C14H29N3. The maximum absolute atomic E-state index is 3.46. The van der Waals surface area contributed by atoms with Crippen molar-refractivity contribution in [1.82, 2.24) is 15.1 Å². The Morgan fingerprint density at radius 1 is 1.24 bits per heavy atom. The Morgan fingerprint density at radius 2 is 2.00 bits per heavy atom. The van der Waals surface area contributed by atoms with Crippen LogP contribution in [0.2, 0.25) is 0 Å². The third-order valence-electron chi connectivity index (χ3n) is 4.88. The number of nitrogens with one attached hydrogen (secondary N) is 1. The molecule has 3 heteroatoms. The maximum Gasteiger partial charge on any atom is 0.0330 e. The van der Waals surface area contributed by atoms with Crippen molar-refractivity contribution in [3.63, 3.8) is 0 Å². The lowest BCUT2D eigenvalue weighted by atomic mass is 9.75. The smallest absolute Gasteiger partial charge is 0.0330 e. The number of hydrogen-bond donors (Lipinski definition) is 1. The van der Waals surface area contributed by atoms with Crippen molar-refractivity contribution in [1.29, 1.82) is 0 Å². The van der Waals surface area contributed by atoms with Crippen molar-refractivity contribution in [2.75, 3.05) is 47.3 Å². The average molecular weight is 239 g/mol. The molecule has 1 aliphatic carbocycles. The van der Waals surface area contributed by atoms with Crippen LogP contribution in [0.15, 0.2) is 0 Å². The summed E-state index contributed by atoms with van der Waals surface area (Å²) in [6.07, 6.45) is 6.93. The molecule has 1 aliphatic heterocycles. The molecule has 0 aromatic heterocycles. The molecular weight excluding hydrogens is 210 g/mol. The Labute approximate surface area is 107 Å². The first-order valence-corrected chi connectivity index (χ1v) is 7.19. The van der Waals surface area contributed by atoms with Gasteiger partial charge < -0.3 is 15.1 Å². The Hall–Kier alpha value is -0.120. The van der Waals surface area contributed by atoms with Crippen molar-refractivity contribution in [2.24, 2.45) is 5.92 Å². The van der Waals surface area contributed by atoms with E-state index in [2.05, 4.69) is 36.3 Å². The van der Waals surface area contributed by atoms with E-state index in [0.29, 0.717) is 5.54 Å². The molecule has 0 amide bonds. The average Bonchev–Trinajstić information content (AvgIpc) is 2.72. The molecule has 0 aromatic carbocycles. The van der Waals surface area contributed by atoms with Gasteiger partial charge in [-0.2, -0.15) is 0 Å². The molecule has 2 aliphatic rings. The van der Waals surface area contributed by atoms with Crippen LogP contribution in [-0.2, 0) is 0 Å². The Balaban J connectivity index is 1.70. The maximum atomic E-state index is 3.46. The summed E-state index contributed by atoms with van der Waals surface area (Å²) in [6, 6.07) is 0. The summed E-state index contributed by atoms with van der Waals surface area (Å²) >= 11 is 0. The topological polar surface area (TPSA) is 18.5 Å². The van der Waals surface area contributed by atoms with Crippen LogP contribution in [0, 0.1) is 5.92 Å². The van der Waals surface area contributed by atoms with Crippen LogP contribution in [-0.4, -0.2) is 62.7 Å². The Kier molecular flexibility index (Phi) is 4.45. The molecule has 0 bridgehead atoms. The van der Waals surface area contributed by atoms with E-state index in [1.807, 2.05) is 0 Å². The van der Waals surface area contributed by atoms with Crippen molar-refractivity contribution in [2.45, 2.75) is 37.6 Å². The molecule has 100 valence electrons. The molecule has 0 radical (unpaired) electrons. The van der Waals surface area contributed by atoms with E-state index in [9.17, 15) is 0 Å². The zero-order chi connectivity index (χ0) is 12.3. The summed E-state index contributed by atoms with van der Waals surface area (Å²) in [5, 5.41) is 3.46. The normalized spacial score (nSPS) is 27.7. The zero-order valence-electron chi connectivity index (χ0n) is 11.8. The first-order chi connectivity index (χ1) is 8.12. The van der Waals surface area contributed by atoms with Crippen LogP contribution >= 0.6 is 0 Å². The largest absolute Gasteiger partial charge is 0.316 e. The molecule has 1 N–H and O–H groups in total. The summed E-state index contributed by atoms with van der Waals surface area (Å²) < 4.78 is 0. The second kappa shape index (κ2) is 5.68. The van der Waals surface area contributed by atoms with Gasteiger partial charge in [-0.3, -0.25) is 0 Å². The van der Waals surface area contributed by atoms with Gasteiger partial charge >= 0.3 is 0 Å². The van der Waals surface area contributed by atoms with Gasteiger partial charge in [0.05, 0.1) is 0 Å². The van der Waals surface area contributed by atoms with Gasteiger partial charge in [0.15, 0.2) is 0 Å². The van der Waals surface area contributed by atoms with Gasteiger partial charge in [-0.05, 0) is 78.8 Å². The first kappa shape index (κ1) is 13.3. The van der Waals surface area contributed by atoms with E-state index in [-0.39, 0.29) is 0 Å². The van der Waals surface area contributed by atoms with Crippen molar-refractivity contribution < 1.29 is 0 Å². The minimum absolute atomic E-state index is 0.489. The second-order valence-electron chi connectivity index (χ2n) is 6.36. The van der Waals surface area contributed by atoms with Crippen LogP contribution in [0.3, 0.4) is 0 Å². The summed E-state index contributed by atoms with van der Waals surface area (Å²) in [7, 11) is 6.79. The summed E-state index contributed by atoms with van der Waals surface area (Å²) in [5.41, 5.74) is 0.489. The van der Waals surface area contributed by atoms with Crippen LogP contribution < -0.4 is 5.32 Å². The lowest BCUT2D eigenvalue weighted by molar-refractivity contribution is 0.0268. The highest BCUT2D eigenvalue weighted by molar-refractivity contribution is 4.97. The zero-order valence-corrected chi connectivity index (χ0v) is 11.8. The third-order valence-corrected chi connectivity index (χ3v) is 4.88. The van der Waals surface area contributed by atoms with E-state index < -0.39 is 0 Å². The van der Waals surface area contributed by atoms with Gasteiger partial charge in [0.25, 0.3) is 0 Å². The highest BCUT2D eigenvalue weighted by atomic mass is 15.2. The van der Waals surface area contributed by atoms with E-state index in [4.69, 9.17) is 0 Å². The minimum Gasteiger partial charge on any atom is -0.316 e. The molecule has 2 fully saturated rings. The predicted molar refractivity (Wildman–Crippen MR) is 73.4 cm³/mol. The highest BCUT2D eigenvalue weighted by Crippen LogP contribution is 2.36. The van der Waals surface area contributed by atoms with Crippen LogP contribution in [0.1, 0.15) is 32.1 Å². The number of likely N-dealkylation sites (N-methyl/N-ethyl adjacent to an activating group) is 2. The fraction of sp³-hybridized carbons (Fsp3) is 1.00. The van der Waals surface area contributed by atoms with Gasteiger partial charge in [0.2, 0.25) is 0 Å². The second-order valence-corrected chi connectivity index (χ2v) is 6.36. The van der Waals surface area contributed by atoms with Crippen LogP contribution in [0.5, 0.6) is 0 Å². The molecule has 1 heterocycles. The fourth-order valence-corrected chi connectivity index (χ4v) is 3.28. The molecule has 1 atom stereocenters. The number of nitrogens with zero attached hydrogens (tertiary/aromatic N) is 2. The molecule has 3 nitrogen and oxygen atoms in total. The van der Waals surface area contributed by atoms with E-state index in [0.717, 1.165) is 5.92 Å². The fourth-order valence-electron chi connectivity index (χ4n) is 3.28. The van der Waals surface area contributed by atoms with E-state index in [1.165, 1.54) is 58.3 Å². The summed E-state index contributed by atoms with van der Waals surface area (Å²) in [5.74, 6) is 0.925. The first-order valence-electron chi connectivity index (χ1n) is 7.19. The number of hydrogen-bond acceptors (Lipinski definition) is 3. The van der Waals surface area contributed by atoms with E-state index in [1.54, 1.807) is 0 Å². The molecule has 2 rings (SSSR count). The monoisotopic (exact) mass is 239 g/mol. The molecule has 0 spiro atoms. The highest BCUT2D eigenvalue weighted by Gasteiger charge is 2.39. The molecule has 1 saturated heterocycles. The van der Waals surface area contributed by atoms with Gasteiger partial charge in [-0.25, -0.2) is 0 Å². The minimum atomic E-state index is 0.489. The summed E-state index contributed by atoms with van der Waals surface area (Å²) in [4.78, 5) is 5.00. The van der Waals surface area contributed by atoms with Crippen molar-refractivity contribution in [3.05, 3.63) is 0 Å². The predicted octanol–water partition coefficient (Wildman–Crippen LogP) is 1.40. The van der Waals surface area contributed by atoms with Gasteiger partial charge in [0.1, 0.15) is 0 Å². The molecule has 0 aromatic rings. The number of rotatable bonds is 6. The van der Waals surface area contributed by atoms with Gasteiger partial charge in [0, 0.05) is 12.1 Å². The standard InChI is InChI=1S/C14H29N3/c1-16(2)14(7-4-8-14)12-17(3)10-6-13-5-9-15-11-13/h13,15H,4-12H2,1-3H3. The van der Waals surface area contributed by atoms with E-state index >= 15 is 0 Å². The SMILES string of the molecule is CN(CCC1CCNC1)CC1(N(C)C)CCC1. The van der Waals surface area contributed by atoms with Gasteiger partial charge in [-0.15, -0.1) is 0 Å². The lowest BCUT2D eigenvalue weighted by Gasteiger charge is -2.49. The van der Waals surface area contributed by atoms with Gasteiger partial charge in [-0.1, -0.05) is 0 Å². The third kappa shape index (κ3) is 3.21. The Bertz CT molecular complexity index is 230. The van der Waals surface area contributed by atoms with Crippen LogP contribution in [0.4, 0.5) is 0 Å². The van der Waals surface area contributed by atoms with Crippen molar-refractivity contribution >= 4 is 0 Å².